The van der Waals surface area contributed by atoms with E-state index in [9.17, 15) is 18.0 Å². The van der Waals surface area contributed by atoms with Gasteiger partial charge in [-0.1, -0.05) is 121 Å². The molecule has 1 heterocycles. The van der Waals surface area contributed by atoms with Gasteiger partial charge in [-0.25, -0.2) is 18.0 Å². The van der Waals surface area contributed by atoms with Crippen LogP contribution in [0.3, 0.4) is 0 Å². The van der Waals surface area contributed by atoms with Gasteiger partial charge in [0.25, 0.3) is 0 Å². The van der Waals surface area contributed by atoms with Gasteiger partial charge >= 0.3 is 6.03 Å². The summed E-state index contributed by atoms with van der Waals surface area (Å²) in [6, 6.07) is 42.0. The Hall–Kier alpha value is -4.53. The maximum atomic E-state index is 14.4. The normalized spacial score (nSPS) is 16.2. The van der Waals surface area contributed by atoms with Gasteiger partial charge in [-0.2, -0.15) is 0 Å². The smallest absolute Gasteiger partial charge is 0.317 e. The minimum absolute atomic E-state index is 0.000839. The van der Waals surface area contributed by atoms with Gasteiger partial charge in [-0.3, -0.25) is 0 Å². The highest BCUT2D eigenvalue weighted by molar-refractivity contribution is 8.01. The number of halogens is 3. The Kier molecular flexibility index (Phi) is 10.8. The van der Waals surface area contributed by atoms with E-state index in [0.717, 1.165) is 28.3 Å². The molecule has 0 aliphatic carbocycles. The van der Waals surface area contributed by atoms with Crippen molar-refractivity contribution in [3.8, 4) is 0 Å². The lowest BCUT2D eigenvalue weighted by Crippen LogP contribution is -2.45. The Morgan fingerprint density at radius 3 is 1.83 bits per heavy atom. The van der Waals surface area contributed by atoms with Crippen LogP contribution in [-0.4, -0.2) is 41.9 Å². The highest BCUT2D eigenvalue weighted by atomic mass is 32.2. The topological polar surface area (TPSA) is 41.6 Å². The van der Waals surface area contributed by atoms with Gasteiger partial charge in [0, 0.05) is 30.0 Å². The molecule has 8 heteroatoms. The van der Waals surface area contributed by atoms with Crippen molar-refractivity contribution in [1.29, 1.82) is 0 Å². The number of thioether (sulfide) groups is 1. The van der Waals surface area contributed by atoms with Crippen molar-refractivity contribution >= 4 is 17.8 Å². The molecule has 5 aromatic rings. The van der Waals surface area contributed by atoms with Gasteiger partial charge < -0.3 is 15.0 Å². The van der Waals surface area contributed by atoms with E-state index >= 15 is 0 Å². The molecule has 1 aliphatic heterocycles. The summed E-state index contributed by atoms with van der Waals surface area (Å²) < 4.78 is 47.1. The van der Waals surface area contributed by atoms with E-state index in [2.05, 4.69) is 41.7 Å². The summed E-state index contributed by atoms with van der Waals surface area (Å²) in [5.74, 6) is -3.25. The number of likely N-dealkylation sites (tertiary alicyclic amines) is 1. The summed E-state index contributed by atoms with van der Waals surface area (Å²) in [4.78, 5) is 15.5. The second-order valence-electron chi connectivity index (χ2n) is 11.9. The molecular formula is C40H37F3N2O2S. The summed E-state index contributed by atoms with van der Waals surface area (Å²) in [5.41, 5.74) is 4.42. The molecule has 0 unspecified atom stereocenters. The molecule has 5 aromatic carbocycles. The fourth-order valence-corrected chi connectivity index (χ4v) is 8.25. The molecule has 0 bridgehead atoms. The van der Waals surface area contributed by atoms with E-state index in [4.69, 9.17) is 4.74 Å². The number of benzene rings is 5. The van der Waals surface area contributed by atoms with Crippen molar-refractivity contribution in [3.63, 3.8) is 0 Å². The van der Waals surface area contributed by atoms with Crippen LogP contribution in [0.2, 0.25) is 0 Å². The third kappa shape index (κ3) is 7.61. The van der Waals surface area contributed by atoms with Crippen LogP contribution in [0, 0.1) is 17.5 Å². The second kappa shape index (κ2) is 15.6. The van der Waals surface area contributed by atoms with Crippen LogP contribution in [0.25, 0.3) is 0 Å². The fraction of sp³-hybridized carbons (Fsp3) is 0.225. The van der Waals surface area contributed by atoms with Crippen LogP contribution < -0.4 is 5.32 Å². The molecular weight excluding hydrogens is 630 g/mol. The van der Waals surface area contributed by atoms with Crippen molar-refractivity contribution in [3.05, 3.63) is 179 Å². The number of ether oxygens (including phenoxy) is 1. The Morgan fingerprint density at radius 1 is 0.750 bits per heavy atom. The molecule has 1 N–H and O–H groups in total. The second-order valence-corrected chi connectivity index (χ2v) is 13.4. The molecule has 6 rings (SSSR count). The Morgan fingerprint density at radius 2 is 1.27 bits per heavy atom. The molecule has 1 saturated heterocycles. The van der Waals surface area contributed by atoms with Crippen molar-refractivity contribution in [2.45, 2.75) is 35.5 Å². The molecule has 2 amide bonds. The molecule has 0 saturated carbocycles. The molecule has 0 spiro atoms. The van der Waals surface area contributed by atoms with Crippen LogP contribution in [0.15, 0.2) is 133 Å². The van der Waals surface area contributed by atoms with Crippen LogP contribution >= 0.6 is 11.8 Å². The monoisotopic (exact) mass is 666 g/mol. The molecule has 0 radical (unpaired) electrons. The van der Waals surface area contributed by atoms with E-state index in [-0.39, 0.29) is 36.1 Å². The minimum atomic E-state index is -1.25. The van der Waals surface area contributed by atoms with Gasteiger partial charge in [-0.15, -0.1) is 11.8 Å². The Labute approximate surface area is 284 Å². The lowest BCUT2D eigenvalue weighted by atomic mass is 9.84. The number of amides is 2. The summed E-state index contributed by atoms with van der Waals surface area (Å²) in [6.45, 7) is 0.788. The number of hydrogen-bond acceptors (Lipinski definition) is 3. The number of rotatable bonds is 12. The number of nitrogens with zero attached hydrogens (tertiary/aromatic N) is 1. The van der Waals surface area contributed by atoms with E-state index in [0.29, 0.717) is 32.0 Å². The summed E-state index contributed by atoms with van der Waals surface area (Å²) in [7, 11) is 0. The lowest BCUT2D eigenvalue weighted by Gasteiger charge is -2.37. The van der Waals surface area contributed by atoms with Crippen LogP contribution in [0.4, 0.5) is 18.0 Å². The standard InChI is InChI=1S/C40H37F3N2O2S/c41-36-25-38(43)37(42)23-30(36)27-47-28-34-24-35(26-45(34)39(46)44-22-21-29-13-5-1-6-14-29)48-40(31-15-7-2-8-16-31,32-17-9-3-10-18-32)33-19-11-4-12-20-33/h1-20,23,25,34-35H,21-22,24,26-28H2,(H,44,46)/t34-,35+/m0/s1. The predicted octanol–water partition coefficient (Wildman–Crippen LogP) is 8.74. The van der Waals surface area contributed by atoms with Gasteiger partial charge in [0.15, 0.2) is 11.6 Å². The number of urea groups is 1. The van der Waals surface area contributed by atoms with E-state index in [1.807, 2.05) is 96.7 Å². The quantitative estimate of drug-likeness (QED) is 0.107. The van der Waals surface area contributed by atoms with Crippen molar-refractivity contribution < 1.29 is 22.7 Å². The number of carbonyl (C=O) groups is 1. The molecule has 246 valence electrons. The van der Waals surface area contributed by atoms with E-state index in [1.165, 1.54) is 0 Å². The third-order valence-electron chi connectivity index (χ3n) is 8.71. The Balaban J connectivity index is 1.27. The van der Waals surface area contributed by atoms with Gasteiger partial charge in [0.05, 0.1) is 24.0 Å². The highest BCUT2D eigenvalue weighted by Gasteiger charge is 2.44. The van der Waals surface area contributed by atoms with Crippen molar-refractivity contribution in [1.82, 2.24) is 10.2 Å². The van der Waals surface area contributed by atoms with Crippen LogP contribution in [0.1, 0.15) is 34.2 Å². The number of carbonyl (C=O) groups excluding carboxylic acids is 1. The summed E-state index contributed by atoms with van der Waals surface area (Å²) >= 11 is 1.81. The predicted molar refractivity (Wildman–Crippen MR) is 185 cm³/mol. The SMILES string of the molecule is O=C(NCCc1ccccc1)N1C[C@H](SC(c2ccccc2)(c2ccccc2)c2ccccc2)C[C@H]1COCc1cc(F)c(F)cc1F. The third-order valence-corrected chi connectivity index (χ3v) is 10.4. The first-order chi connectivity index (χ1) is 23.4. The molecule has 0 aromatic heterocycles. The molecule has 2 atom stereocenters. The van der Waals surface area contributed by atoms with E-state index < -0.39 is 22.2 Å². The van der Waals surface area contributed by atoms with Gasteiger partial charge in [0.2, 0.25) is 0 Å². The first-order valence-corrected chi connectivity index (χ1v) is 17.0. The highest BCUT2D eigenvalue weighted by Crippen LogP contribution is 2.52. The average molecular weight is 667 g/mol. The lowest BCUT2D eigenvalue weighted by molar-refractivity contribution is 0.0737. The Bertz CT molecular complexity index is 1680. The van der Waals surface area contributed by atoms with Crippen molar-refractivity contribution in [2.24, 2.45) is 0 Å². The zero-order valence-corrected chi connectivity index (χ0v) is 27.2. The zero-order valence-electron chi connectivity index (χ0n) is 26.4. The zero-order chi connectivity index (χ0) is 33.3. The van der Waals surface area contributed by atoms with E-state index in [1.54, 1.807) is 4.90 Å². The van der Waals surface area contributed by atoms with Crippen LogP contribution in [0.5, 0.6) is 0 Å². The summed E-state index contributed by atoms with van der Waals surface area (Å²) in [5, 5.41) is 3.08. The first kappa shape index (κ1) is 33.4. The molecule has 48 heavy (non-hydrogen) atoms. The average Bonchev–Trinajstić information content (AvgIpc) is 3.53. The minimum Gasteiger partial charge on any atom is -0.375 e. The molecule has 4 nitrogen and oxygen atoms in total. The first-order valence-electron chi connectivity index (χ1n) is 16.1. The summed E-state index contributed by atoms with van der Waals surface area (Å²) in [6.07, 6.45) is 1.31. The maximum absolute atomic E-state index is 14.4. The van der Waals surface area contributed by atoms with Gasteiger partial charge in [-0.05, 0) is 41.2 Å². The van der Waals surface area contributed by atoms with Crippen molar-refractivity contribution in [2.75, 3.05) is 19.7 Å². The van der Waals surface area contributed by atoms with Gasteiger partial charge in [0.1, 0.15) is 5.82 Å². The van der Waals surface area contributed by atoms with Crippen LogP contribution in [-0.2, 0) is 22.5 Å². The maximum Gasteiger partial charge on any atom is 0.317 e. The number of nitrogens with one attached hydrogen (secondary N) is 1. The largest absolute Gasteiger partial charge is 0.375 e. The number of hydrogen-bond donors (Lipinski definition) is 1. The fourth-order valence-electron chi connectivity index (χ4n) is 6.38. The molecule has 1 aliphatic rings. The molecule has 1 fully saturated rings.